The van der Waals surface area contributed by atoms with Crippen LogP contribution in [0.4, 0.5) is 17.5 Å². The molecule has 1 aromatic carbocycles. The smallest absolute Gasteiger partial charge is 0.227 e. The number of benzene rings is 1. The topological polar surface area (TPSA) is 50.3 Å². The highest BCUT2D eigenvalue weighted by atomic mass is 16.5. The number of ether oxygens (including phenoxy) is 1. The standard InChI is InChI=1S/C18H24N4O/c1-2-23-16-10-6-5-9-15(16)20-17-11-12-19-18(21-17)22-13-7-3-4-8-14-22/h5-6,9-12H,2-4,7-8,13-14H2,1H3,(H,19,20,21). The van der Waals surface area contributed by atoms with Gasteiger partial charge in [0.2, 0.25) is 5.95 Å². The summed E-state index contributed by atoms with van der Waals surface area (Å²) in [7, 11) is 0. The van der Waals surface area contributed by atoms with Crippen LogP contribution >= 0.6 is 0 Å². The Morgan fingerprint density at radius 2 is 1.87 bits per heavy atom. The van der Waals surface area contributed by atoms with E-state index < -0.39 is 0 Å². The molecule has 1 saturated heterocycles. The van der Waals surface area contributed by atoms with E-state index >= 15 is 0 Å². The largest absolute Gasteiger partial charge is 0.492 e. The van der Waals surface area contributed by atoms with E-state index in [2.05, 4.69) is 20.2 Å². The summed E-state index contributed by atoms with van der Waals surface area (Å²) in [5.41, 5.74) is 0.926. The van der Waals surface area contributed by atoms with Gasteiger partial charge < -0.3 is 15.0 Å². The number of para-hydroxylation sites is 2. The number of hydrogen-bond acceptors (Lipinski definition) is 5. The van der Waals surface area contributed by atoms with Crippen LogP contribution < -0.4 is 15.0 Å². The predicted molar refractivity (Wildman–Crippen MR) is 93.6 cm³/mol. The summed E-state index contributed by atoms with van der Waals surface area (Å²) < 4.78 is 5.66. The molecule has 0 spiro atoms. The van der Waals surface area contributed by atoms with Gasteiger partial charge in [-0.1, -0.05) is 25.0 Å². The number of hydrogen-bond donors (Lipinski definition) is 1. The molecule has 0 aliphatic carbocycles. The monoisotopic (exact) mass is 312 g/mol. The van der Waals surface area contributed by atoms with E-state index in [1.165, 1.54) is 25.7 Å². The van der Waals surface area contributed by atoms with Gasteiger partial charge in [0.05, 0.1) is 12.3 Å². The van der Waals surface area contributed by atoms with Crippen molar-refractivity contribution in [3.63, 3.8) is 0 Å². The first-order valence-electron chi connectivity index (χ1n) is 8.43. The van der Waals surface area contributed by atoms with Crippen molar-refractivity contribution in [2.24, 2.45) is 0 Å². The van der Waals surface area contributed by atoms with Crippen molar-refractivity contribution < 1.29 is 4.74 Å². The number of anilines is 3. The van der Waals surface area contributed by atoms with Crippen molar-refractivity contribution in [2.75, 3.05) is 29.9 Å². The number of aromatic nitrogens is 2. The molecule has 3 rings (SSSR count). The third kappa shape index (κ3) is 4.12. The van der Waals surface area contributed by atoms with E-state index in [1.54, 1.807) is 0 Å². The minimum Gasteiger partial charge on any atom is -0.492 e. The molecule has 1 aliphatic heterocycles. The number of nitrogens with zero attached hydrogens (tertiary/aromatic N) is 3. The van der Waals surface area contributed by atoms with E-state index in [0.29, 0.717) is 6.61 Å². The lowest BCUT2D eigenvalue weighted by Gasteiger charge is -2.20. The molecule has 2 heterocycles. The lowest BCUT2D eigenvalue weighted by atomic mass is 10.2. The first kappa shape index (κ1) is 15.6. The van der Waals surface area contributed by atoms with Gasteiger partial charge in [-0.15, -0.1) is 0 Å². The van der Waals surface area contributed by atoms with Gasteiger partial charge in [-0.3, -0.25) is 0 Å². The maximum Gasteiger partial charge on any atom is 0.227 e. The summed E-state index contributed by atoms with van der Waals surface area (Å²) in [5, 5.41) is 3.35. The minimum absolute atomic E-state index is 0.640. The molecule has 0 radical (unpaired) electrons. The third-order valence-corrected chi connectivity index (χ3v) is 3.98. The molecule has 0 saturated carbocycles. The second kappa shape index (κ2) is 7.81. The molecular weight excluding hydrogens is 288 g/mol. The summed E-state index contributed by atoms with van der Waals surface area (Å²) in [5.74, 6) is 2.45. The Morgan fingerprint density at radius 3 is 2.65 bits per heavy atom. The Bertz CT molecular complexity index is 624. The molecule has 2 aromatic rings. The van der Waals surface area contributed by atoms with Gasteiger partial charge >= 0.3 is 0 Å². The van der Waals surface area contributed by atoms with E-state index in [4.69, 9.17) is 4.74 Å². The fourth-order valence-electron chi connectivity index (χ4n) is 2.83. The van der Waals surface area contributed by atoms with Crippen LogP contribution in [0, 0.1) is 0 Å². The van der Waals surface area contributed by atoms with Crippen molar-refractivity contribution >= 4 is 17.5 Å². The summed E-state index contributed by atoms with van der Waals surface area (Å²) in [6.07, 6.45) is 6.85. The molecular formula is C18H24N4O. The SMILES string of the molecule is CCOc1ccccc1Nc1ccnc(N2CCCCCC2)n1. The van der Waals surface area contributed by atoms with Crippen molar-refractivity contribution in [3.05, 3.63) is 36.5 Å². The summed E-state index contributed by atoms with van der Waals surface area (Å²) in [4.78, 5) is 11.4. The van der Waals surface area contributed by atoms with E-state index in [1.807, 2.05) is 43.5 Å². The second-order valence-corrected chi connectivity index (χ2v) is 5.70. The molecule has 1 aromatic heterocycles. The maximum absolute atomic E-state index is 5.66. The van der Waals surface area contributed by atoms with Crippen molar-refractivity contribution in [3.8, 4) is 5.75 Å². The van der Waals surface area contributed by atoms with Gasteiger partial charge in [0.15, 0.2) is 0 Å². The summed E-state index contributed by atoms with van der Waals surface area (Å²) in [6.45, 7) is 4.71. The van der Waals surface area contributed by atoms with Gasteiger partial charge in [0.25, 0.3) is 0 Å². The lowest BCUT2D eigenvalue weighted by molar-refractivity contribution is 0.342. The first-order chi connectivity index (χ1) is 11.4. The zero-order chi connectivity index (χ0) is 15.9. The van der Waals surface area contributed by atoms with Crippen LogP contribution in [0.1, 0.15) is 32.6 Å². The van der Waals surface area contributed by atoms with Crippen LogP contribution in [0.15, 0.2) is 36.5 Å². The summed E-state index contributed by atoms with van der Waals surface area (Å²) >= 11 is 0. The van der Waals surface area contributed by atoms with Crippen LogP contribution in [0.2, 0.25) is 0 Å². The quantitative estimate of drug-likeness (QED) is 0.904. The van der Waals surface area contributed by atoms with Crippen LogP contribution in [-0.2, 0) is 0 Å². The molecule has 1 fully saturated rings. The predicted octanol–water partition coefficient (Wildman–Crippen LogP) is 4.00. The normalized spacial score (nSPS) is 15.1. The van der Waals surface area contributed by atoms with Crippen molar-refractivity contribution in [1.82, 2.24) is 9.97 Å². The molecule has 5 heteroatoms. The molecule has 1 aliphatic rings. The first-order valence-corrected chi connectivity index (χ1v) is 8.43. The molecule has 122 valence electrons. The molecule has 1 N–H and O–H groups in total. The Balaban J connectivity index is 1.77. The number of nitrogens with one attached hydrogen (secondary N) is 1. The second-order valence-electron chi connectivity index (χ2n) is 5.70. The minimum atomic E-state index is 0.640. The Kier molecular flexibility index (Phi) is 5.29. The van der Waals surface area contributed by atoms with Crippen LogP contribution in [0.25, 0.3) is 0 Å². The van der Waals surface area contributed by atoms with Gasteiger partial charge in [-0.2, -0.15) is 4.98 Å². The van der Waals surface area contributed by atoms with E-state index in [-0.39, 0.29) is 0 Å². The molecule has 5 nitrogen and oxygen atoms in total. The Labute approximate surface area is 137 Å². The zero-order valence-corrected chi connectivity index (χ0v) is 13.7. The highest BCUT2D eigenvalue weighted by Crippen LogP contribution is 2.27. The molecule has 0 bridgehead atoms. The average molecular weight is 312 g/mol. The average Bonchev–Trinajstić information content (AvgIpc) is 2.87. The zero-order valence-electron chi connectivity index (χ0n) is 13.7. The van der Waals surface area contributed by atoms with Gasteiger partial charge in [-0.25, -0.2) is 4.98 Å². The van der Waals surface area contributed by atoms with Crippen molar-refractivity contribution in [1.29, 1.82) is 0 Å². The van der Waals surface area contributed by atoms with Gasteiger partial charge in [-0.05, 0) is 38.0 Å². The third-order valence-electron chi connectivity index (χ3n) is 3.98. The van der Waals surface area contributed by atoms with Crippen LogP contribution in [-0.4, -0.2) is 29.7 Å². The van der Waals surface area contributed by atoms with E-state index in [0.717, 1.165) is 36.3 Å². The Hall–Kier alpha value is -2.30. The fourth-order valence-corrected chi connectivity index (χ4v) is 2.83. The molecule has 23 heavy (non-hydrogen) atoms. The Morgan fingerprint density at radius 1 is 1.09 bits per heavy atom. The lowest BCUT2D eigenvalue weighted by Crippen LogP contribution is -2.26. The number of rotatable bonds is 5. The van der Waals surface area contributed by atoms with Crippen LogP contribution in [0.3, 0.4) is 0 Å². The fraction of sp³-hybridized carbons (Fsp3) is 0.444. The molecule has 0 unspecified atom stereocenters. The van der Waals surface area contributed by atoms with Gasteiger partial charge in [0.1, 0.15) is 11.6 Å². The van der Waals surface area contributed by atoms with Crippen molar-refractivity contribution in [2.45, 2.75) is 32.6 Å². The highest BCUT2D eigenvalue weighted by molar-refractivity contribution is 5.64. The molecule has 0 amide bonds. The van der Waals surface area contributed by atoms with Crippen LogP contribution in [0.5, 0.6) is 5.75 Å². The highest BCUT2D eigenvalue weighted by Gasteiger charge is 2.13. The maximum atomic E-state index is 5.66. The van der Waals surface area contributed by atoms with Gasteiger partial charge in [0, 0.05) is 19.3 Å². The molecule has 0 atom stereocenters. The summed E-state index contributed by atoms with van der Waals surface area (Å²) in [6, 6.07) is 9.81. The van der Waals surface area contributed by atoms with E-state index in [9.17, 15) is 0 Å².